The van der Waals surface area contributed by atoms with E-state index < -0.39 is 0 Å². The Bertz CT molecular complexity index is 1310. The summed E-state index contributed by atoms with van der Waals surface area (Å²) in [4.78, 5) is 8.46. The quantitative estimate of drug-likeness (QED) is 0.417. The van der Waals surface area contributed by atoms with Crippen LogP contribution in [0.25, 0.3) is 44.7 Å². The number of hydrogen-bond acceptors (Lipinski definition) is 5. The van der Waals surface area contributed by atoms with Gasteiger partial charge in [-0.05, 0) is 28.8 Å². The molecule has 5 rings (SSSR count). The van der Waals surface area contributed by atoms with E-state index in [4.69, 9.17) is 14.9 Å². The predicted molar refractivity (Wildman–Crippen MR) is 119 cm³/mol. The molecule has 0 radical (unpaired) electrons. The van der Waals surface area contributed by atoms with Crippen molar-refractivity contribution in [2.24, 2.45) is 0 Å². The van der Waals surface area contributed by atoms with Crippen LogP contribution in [0.4, 0.5) is 5.82 Å². The van der Waals surface area contributed by atoms with Gasteiger partial charge in [-0.2, -0.15) is 0 Å². The zero-order chi connectivity index (χ0) is 20.5. The predicted octanol–water partition coefficient (Wildman–Crippen LogP) is 5.81. The minimum atomic E-state index is 0.390. The first-order valence-electron chi connectivity index (χ1n) is 9.58. The van der Waals surface area contributed by atoms with Gasteiger partial charge in [-0.1, -0.05) is 66.7 Å². The van der Waals surface area contributed by atoms with Gasteiger partial charge < -0.3 is 14.9 Å². The smallest absolute Gasteiger partial charge is 0.232 e. The van der Waals surface area contributed by atoms with E-state index in [0.717, 1.165) is 28.0 Å². The zero-order valence-corrected chi connectivity index (χ0v) is 16.4. The third-order valence-electron chi connectivity index (χ3n) is 5.15. The summed E-state index contributed by atoms with van der Waals surface area (Å²) in [6, 6.07) is 26.3. The molecule has 0 aliphatic heterocycles. The lowest BCUT2D eigenvalue weighted by Crippen LogP contribution is -1.92. The molecule has 5 heteroatoms. The Hall–Kier alpha value is -4.12. The van der Waals surface area contributed by atoms with Crippen molar-refractivity contribution in [2.75, 3.05) is 12.8 Å². The van der Waals surface area contributed by atoms with Crippen molar-refractivity contribution in [1.82, 2.24) is 9.97 Å². The number of ether oxygens (including phenoxy) is 1. The highest BCUT2D eigenvalue weighted by Crippen LogP contribution is 2.42. The van der Waals surface area contributed by atoms with Crippen molar-refractivity contribution in [3.63, 3.8) is 0 Å². The fraction of sp³-hybridized carbons (Fsp3) is 0.0400. The fourth-order valence-electron chi connectivity index (χ4n) is 3.64. The van der Waals surface area contributed by atoms with Gasteiger partial charge in [-0.15, -0.1) is 0 Å². The molecule has 2 aromatic heterocycles. The molecule has 0 bridgehead atoms. The third kappa shape index (κ3) is 3.06. The van der Waals surface area contributed by atoms with Crippen molar-refractivity contribution in [3.8, 4) is 39.3 Å². The molecule has 2 heterocycles. The topological polar surface area (TPSA) is 74.2 Å². The molecule has 146 valence electrons. The van der Waals surface area contributed by atoms with Crippen LogP contribution in [0.2, 0.25) is 0 Å². The van der Waals surface area contributed by atoms with Gasteiger partial charge in [0.2, 0.25) is 5.71 Å². The number of methoxy groups -OCH3 is 1. The second-order valence-electron chi connectivity index (χ2n) is 6.92. The average Bonchev–Trinajstić information content (AvgIpc) is 3.21. The normalized spacial score (nSPS) is 11.0. The molecule has 5 nitrogen and oxygen atoms in total. The number of anilines is 1. The van der Waals surface area contributed by atoms with Crippen LogP contribution in [0.15, 0.2) is 89.6 Å². The van der Waals surface area contributed by atoms with Crippen LogP contribution in [0.1, 0.15) is 0 Å². The maximum absolute atomic E-state index is 6.21. The molecule has 30 heavy (non-hydrogen) atoms. The number of nitrogens with zero attached hydrogens (tertiary/aromatic N) is 2. The van der Waals surface area contributed by atoms with Crippen molar-refractivity contribution in [1.29, 1.82) is 0 Å². The fourth-order valence-corrected chi connectivity index (χ4v) is 3.64. The molecule has 0 fully saturated rings. The monoisotopic (exact) mass is 393 g/mol. The number of hydrogen-bond donors (Lipinski definition) is 1. The molecule has 0 spiro atoms. The van der Waals surface area contributed by atoms with Crippen LogP contribution < -0.4 is 10.5 Å². The molecule has 0 aliphatic rings. The van der Waals surface area contributed by atoms with Gasteiger partial charge in [0.15, 0.2) is 0 Å². The van der Waals surface area contributed by atoms with Crippen LogP contribution in [0, 0.1) is 0 Å². The number of fused-ring (bicyclic) bond motifs is 1. The van der Waals surface area contributed by atoms with E-state index in [0.29, 0.717) is 22.7 Å². The van der Waals surface area contributed by atoms with E-state index in [1.807, 2.05) is 42.5 Å². The summed E-state index contributed by atoms with van der Waals surface area (Å²) in [5.74, 6) is 1.88. The zero-order valence-electron chi connectivity index (χ0n) is 16.4. The van der Waals surface area contributed by atoms with E-state index in [1.165, 1.54) is 11.9 Å². The van der Waals surface area contributed by atoms with Gasteiger partial charge in [0.05, 0.1) is 12.5 Å². The van der Waals surface area contributed by atoms with Crippen molar-refractivity contribution in [2.45, 2.75) is 0 Å². The molecule has 2 N–H and O–H groups in total. The van der Waals surface area contributed by atoms with E-state index in [-0.39, 0.29) is 0 Å². The first kappa shape index (κ1) is 17.9. The Morgan fingerprint density at radius 3 is 2.07 bits per heavy atom. The summed E-state index contributed by atoms with van der Waals surface area (Å²) in [5.41, 5.74) is 11.8. The number of furan rings is 1. The molecule has 0 aliphatic carbocycles. The minimum absolute atomic E-state index is 0.390. The lowest BCUT2D eigenvalue weighted by atomic mass is 9.97. The summed E-state index contributed by atoms with van der Waals surface area (Å²) >= 11 is 0. The summed E-state index contributed by atoms with van der Waals surface area (Å²) in [5, 5.41) is 0.713. The van der Waals surface area contributed by atoms with Crippen LogP contribution in [-0.4, -0.2) is 17.1 Å². The average molecular weight is 393 g/mol. The lowest BCUT2D eigenvalue weighted by Gasteiger charge is -2.07. The van der Waals surface area contributed by atoms with Gasteiger partial charge in [0.1, 0.15) is 23.7 Å². The molecular formula is C25H19N3O2. The summed E-state index contributed by atoms with van der Waals surface area (Å²) < 4.78 is 11.5. The highest BCUT2D eigenvalue weighted by atomic mass is 16.5. The summed E-state index contributed by atoms with van der Waals surface area (Å²) in [7, 11) is 1.65. The van der Waals surface area contributed by atoms with Crippen molar-refractivity contribution in [3.05, 3.63) is 85.2 Å². The van der Waals surface area contributed by atoms with Gasteiger partial charge in [0.25, 0.3) is 0 Å². The van der Waals surface area contributed by atoms with E-state index in [9.17, 15) is 0 Å². The first-order chi connectivity index (χ1) is 14.7. The number of nitrogen functional groups attached to an aromatic ring is 1. The van der Waals surface area contributed by atoms with Crippen LogP contribution in [0.5, 0.6) is 5.75 Å². The molecular weight excluding hydrogens is 374 g/mol. The summed E-state index contributed by atoms with van der Waals surface area (Å²) in [6.45, 7) is 0. The molecule has 3 aromatic carbocycles. The molecule has 0 saturated heterocycles. The standard InChI is InChI=1S/C25H19N3O2/c1-29-20-13-11-18(12-14-20)21-22-24(26)27-15-28-25(22)30-23(21)19-9-7-17(8-10-19)16-5-3-2-4-6-16/h2-15H,1H3,(H2,26,27,28). The van der Waals surface area contributed by atoms with Crippen molar-refractivity contribution < 1.29 is 9.15 Å². The van der Waals surface area contributed by atoms with E-state index in [1.54, 1.807) is 7.11 Å². The lowest BCUT2D eigenvalue weighted by molar-refractivity contribution is 0.415. The molecule has 0 saturated carbocycles. The number of benzene rings is 3. The second-order valence-corrected chi connectivity index (χ2v) is 6.92. The highest BCUT2D eigenvalue weighted by molar-refractivity contribution is 6.05. The molecule has 5 aromatic rings. The maximum Gasteiger partial charge on any atom is 0.232 e. The van der Waals surface area contributed by atoms with Crippen LogP contribution >= 0.6 is 0 Å². The van der Waals surface area contributed by atoms with Gasteiger partial charge in [0, 0.05) is 11.1 Å². The van der Waals surface area contributed by atoms with E-state index in [2.05, 4.69) is 46.4 Å². The molecule has 0 atom stereocenters. The van der Waals surface area contributed by atoms with Gasteiger partial charge >= 0.3 is 0 Å². The Kier molecular flexibility index (Phi) is 4.41. The summed E-state index contributed by atoms with van der Waals surface area (Å²) in [6.07, 6.45) is 1.42. The second kappa shape index (κ2) is 7.37. The Morgan fingerprint density at radius 1 is 0.733 bits per heavy atom. The number of aromatic nitrogens is 2. The molecule has 0 amide bonds. The van der Waals surface area contributed by atoms with E-state index >= 15 is 0 Å². The van der Waals surface area contributed by atoms with Gasteiger partial charge in [-0.3, -0.25) is 0 Å². The Labute approximate surface area is 173 Å². The van der Waals surface area contributed by atoms with Crippen LogP contribution in [-0.2, 0) is 0 Å². The third-order valence-corrected chi connectivity index (χ3v) is 5.15. The van der Waals surface area contributed by atoms with Gasteiger partial charge in [-0.25, -0.2) is 9.97 Å². The Morgan fingerprint density at radius 2 is 1.37 bits per heavy atom. The SMILES string of the molecule is COc1ccc(-c2c(-c3ccc(-c4ccccc4)cc3)oc3ncnc(N)c23)cc1. The van der Waals surface area contributed by atoms with Crippen LogP contribution in [0.3, 0.4) is 0 Å². The van der Waals surface area contributed by atoms with Crippen molar-refractivity contribution >= 4 is 16.9 Å². The largest absolute Gasteiger partial charge is 0.497 e. The Balaban J connectivity index is 1.68. The highest BCUT2D eigenvalue weighted by Gasteiger charge is 2.21. The number of nitrogens with two attached hydrogens (primary N) is 1. The minimum Gasteiger partial charge on any atom is -0.497 e. The molecule has 0 unspecified atom stereocenters. The first-order valence-corrected chi connectivity index (χ1v) is 9.58. The number of rotatable bonds is 4. The maximum atomic E-state index is 6.21.